The van der Waals surface area contributed by atoms with Gasteiger partial charge >= 0.3 is 5.97 Å². The lowest BCUT2D eigenvalue weighted by Gasteiger charge is -2.34. The van der Waals surface area contributed by atoms with Crippen LogP contribution in [0.3, 0.4) is 0 Å². The number of carbonyl (C=O) groups is 3. The second kappa shape index (κ2) is 12.6. The van der Waals surface area contributed by atoms with E-state index in [2.05, 4.69) is 24.5 Å². The second-order valence-corrected chi connectivity index (χ2v) is 9.81. The van der Waals surface area contributed by atoms with Gasteiger partial charge in [-0.05, 0) is 54.9 Å². The first-order chi connectivity index (χ1) is 14.7. The van der Waals surface area contributed by atoms with Crippen LogP contribution >= 0.6 is 35.0 Å². The van der Waals surface area contributed by atoms with E-state index < -0.39 is 17.9 Å². The van der Waals surface area contributed by atoms with E-state index in [4.69, 9.17) is 27.9 Å². The van der Waals surface area contributed by atoms with Gasteiger partial charge in [0.2, 0.25) is 0 Å². The third kappa shape index (κ3) is 7.88. The number of benzene rings is 1. The Morgan fingerprint density at radius 3 is 2.65 bits per heavy atom. The molecule has 2 rings (SSSR count). The van der Waals surface area contributed by atoms with E-state index in [9.17, 15) is 14.4 Å². The van der Waals surface area contributed by atoms with Crippen molar-refractivity contribution in [2.45, 2.75) is 51.6 Å². The normalized spacial score (nSPS) is 21.8. The molecule has 1 saturated carbocycles. The summed E-state index contributed by atoms with van der Waals surface area (Å²) >= 11 is 13.5. The van der Waals surface area contributed by atoms with Crippen LogP contribution < -0.4 is 10.6 Å². The van der Waals surface area contributed by atoms with Gasteiger partial charge in [-0.1, -0.05) is 49.9 Å². The summed E-state index contributed by atoms with van der Waals surface area (Å²) < 4.78 is 5.22. The van der Waals surface area contributed by atoms with Gasteiger partial charge in [-0.3, -0.25) is 9.59 Å². The molecule has 0 radical (unpaired) electrons. The first kappa shape index (κ1) is 25.8. The molecule has 9 heteroatoms. The predicted molar refractivity (Wildman–Crippen MR) is 126 cm³/mol. The maximum Gasteiger partial charge on any atom is 0.329 e. The van der Waals surface area contributed by atoms with Gasteiger partial charge in [-0.15, -0.1) is 0 Å². The minimum atomic E-state index is -0.881. The minimum absolute atomic E-state index is 0.0917. The van der Waals surface area contributed by atoms with Gasteiger partial charge in [-0.25, -0.2) is 4.79 Å². The molecular formula is C22H30Cl2N2O4S. The van der Waals surface area contributed by atoms with E-state index in [0.29, 0.717) is 29.0 Å². The van der Waals surface area contributed by atoms with Crippen LogP contribution in [0.5, 0.6) is 0 Å². The zero-order valence-electron chi connectivity index (χ0n) is 18.1. The number of rotatable bonds is 9. The number of ether oxygens (including phenoxy) is 1. The van der Waals surface area contributed by atoms with E-state index in [1.54, 1.807) is 17.8 Å². The Bertz CT molecular complexity index is 793. The zero-order chi connectivity index (χ0) is 23.0. The Balaban J connectivity index is 1.92. The number of hydrogen-bond acceptors (Lipinski definition) is 5. The van der Waals surface area contributed by atoms with Crippen molar-refractivity contribution in [2.75, 3.05) is 18.6 Å². The van der Waals surface area contributed by atoms with Crippen LogP contribution in [0.1, 0.15) is 49.9 Å². The molecule has 0 aromatic heterocycles. The molecule has 1 aliphatic rings. The SMILES string of the molecule is CSCC[C@H](NC(=O)c1ccc(Cl)cc1Cl)C(=O)OCC(=O)N[C@@H]1CCC[C@H](C)[C@H]1C. The van der Waals surface area contributed by atoms with E-state index in [-0.39, 0.29) is 29.1 Å². The summed E-state index contributed by atoms with van der Waals surface area (Å²) in [4.78, 5) is 37.5. The molecule has 1 aliphatic carbocycles. The lowest BCUT2D eigenvalue weighted by atomic mass is 9.78. The minimum Gasteiger partial charge on any atom is -0.454 e. The first-order valence-corrected chi connectivity index (χ1v) is 12.6. The fourth-order valence-corrected chi connectivity index (χ4v) is 4.63. The quantitative estimate of drug-likeness (QED) is 0.505. The van der Waals surface area contributed by atoms with E-state index in [0.717, 1.165) is 19.3 Å². The fourth-order valence-electron chi connectivity index (χ4n) is 3.67. The highest BCUT2D eigenvalue weighted by Gasteiger charge is 2.29. The fraction of sp³-hybridized carbons (Fsp3) is 0.591. The number of halogens is 2. The standard InChI is InChI=1S/C22H30Cl2N2O4S/c1-13-5-4-6-18(14(13)2)25-20(27)12-30-22(29)19(9-10-31-3)26-21(28)16-8-7-15(23)11-17(16)24/h7-8,11,13-14,18-19H,4-6,9-10,12H2,1-3H3,(H,25,27)(H,26,28)/t13-,14+,18+,19-/m0/s1. The summed E-state index contributed by atoms with van der Waals surface area (Å²) in [5.41, 5.74) is 0.214. The molecule has 0 saturated heterocycles. The molecular weight excluding hydrogens is 459 g/mol. The van der Waals surface area contributed by atoms with Gasteiger partial charge in [0.1, 0.15) is 6.04 Å². The average molecular weight is 489 g/mol. The smallest absolute Gasteiger partial charge is 0.329 e. The number of amides is 2. The Morgan fingerprint density at radius 2 is 1.97 bits per heavy atom. The second-order valence-electron chi connectivity index (χ2n) is 7.98. The van der Waals surface area contributed by atoms with Crippen LogP contribution in [0.25, 0.3) is 0 Å². The van der Waals surface area contributed by atoms with Gasteiger partial charge in [0.15, 0.2) is 6.61 Å². The highest BCUT2D eigenvalue weighted by Crippen LogP contribution is 2.29. The van der Waals surface area contributed by atoms with Gasteiger partial charge in [0.05, 0.1) is 10.6 Å². The van der Waals surface area contributed by atoms with Crippen molar-refractivity contribution in [3.63, 3.8) is 0 Å². The van der Waals surface area contributed by atoms with Crippen LogP contribution in [0, 0.1) is 11.8 Å². The lowest BCUT2D eigenvalue weighted by Crippen LogP contribution is -2.46. The van der Waals surface area contributed by atoms with Crippen molar-refractivity contribution in [3.8, 4) is 0 Å². The number of thioether (sulfide) groups is 1. The molecule has 4 atom stereocenters. The molecule has 172 valence electrons. The molecule has 2 N–H and O–H groups in total. The van der Waals surface area contributed by atoms with Crippen molar-refractivity contribution in [3.05, 3.63) is 33.8 Å². The summed E-state index contributed by atoms with van der Waals surface area (Å²) in [6.07, 6.45) is 5.44. The van der Waals surface area contributed by atoms with Crippen molar-refractivity contribution in [1.82, 2.24) is 10.6 Å². The van der Waals surface area contributed by atoms with Crippen LogP contribution in [0.15, 0.2) is 18.2 Å². The van der Waals surface area contributed by atoms with Crippen LogP contribution in [-0.4, -0.2) is 48.5 Å². The van der Waals surface area contributed by atoms with Crippen LogP contribution in [-0.2, 0) is 14.3 Å². The van der Waals surface area contributed by atoms with Gasteiger partial charge in [-0.2, -0.15) is 11.8 Å². The summed E-state index contributed by atoms with van der Waals surface area (Å²) in [5, 5.41) is 6.24. The number of carbonyl (C=O) groups excluding carboxylic acids is 3. The lowest BCUT2D eigenvalue weighted by molar-refractivity contribution is -0.150. The van der Waals surface area contributed by atoms with E-state index >= 15 is 0 Å². The maximum absolute atomic E-state index is 12.6. The molecule has 31 heavy (non-hydrogen) atoms. The highest BCUT2D eigenvalue weighted by atomic mass is 35.5. The first-order valence-electron chi connectivity index (χ1n) is 10.4. The Kier molecular flexibility index (Phi) is 10.5. The summed E-state index contributed by atoms with van der Waals surface area (Å²) in [6, 6.07) is 3.72. The van der Waals surface area contributed by atoms with Crippen molar-refractivity contribution in [1.29, 1.82) is 0 Å². The van der Waals surface area contributed by atoms with Crippen molar-refractivity contribution in [2.24, 2.45) is 11.8 Å². The number of hydrogen-bond donors (Lipinski definition) is 2. The summed E-state index contributed by atoms with van der Waals surface area (Å²) in [7, 11) is 0. The molecule has 0 heterocycles. The largest absolute Gasteiger partial charge is 0.454 e. The van der Waals surface area contributed by atoms with E-state index in [1.807, 2.05) is 6.26 Å². The van der Waals surface area contributed by atoms with Crippen molar-refractivity contribution >= 4 is 52.7 Å². The topological polar surface area (TPSA) is 84.5 Å². The monoisotopic (exact) mass is 488 g/mol. The highest BCUT2D eigenvalue weighted by molar-refractivity contribution is 7.98. The Morgan fingerprint density at radius 1 is 1.23 bits per heavy atom. The van der Waals surface area contributed by atoms with Crippen LogP contribution in [0.2, 0.25) is 10.0 Å². The van der Waals surface area contributed by atoms with Crippen LogP contribution in [0.4, 0.5) is 0 Å². The summed E-state index contributed by atoms with van der Waals surface area (Å²) in [6.45, 7) is 3.95. The molecule has 1 aromatic carbocycles. The van der Waals surface area contributed by atoms with Crippen molar-refractivity contribution < 1.29 is 19.1 Å². The molecule has 6 nitrogen and oxygen atoms in total. The van der Waals surface area contributed by atoms with Gasteiger partial charge in [0.25, 0.3) is 11.8 Å². The molecule has 1 aromatic rings. The molecule has 0 aliphatic heterocycles. The third-order valence-corrected chi connectivity index (χ3v) is 6.97. The zero-order valence-corrected chi connectivity index (χ0v) is 20.4. The maximum atomic E-state index is 12.6. The number of nitrogens with one attached hydrogen (secondary N) is 2. The Labute approximate surface area is 198 Å². The molecule has 2 amide bonds. The molecule has 0 unspecified atom stereocenters. The average Bonchev–Trinajstić information content (AvgIpc) is 2.72. The van der Waals surface area contributed by atoms with Gasteiger partial charge in [0, 0.05) is 11.1 Å². The molecule has 0 bridgehead atoms. The third-order valence-electron chi connectivity index (χ3n) is 5.77. The summed E-state index contributed by atoms with van der Waals surface area (Å²) in [5.74, 6) is 0.0957. The number of esters is 1. The Hall–Kier alpha value is -1.44. The molecule has 1 fully saturated rings. The predicted octanol–water partition coefficient (Wildman–Crippen LogP) is 4.33. The van der Waals surface area contributed by atoms with Gasteiger partial charge < -0.3 is 15.4 Å². The molecule has 0 spiro atoms. The van der Waals surface area contributed by atoms with E-state index in [1.165, 1.54) is 12.1 Å².